The number of nitrogens with one attached hydrogen (secondary N) is 1. The first kappa shape index (κ1) is 20.7. The molecule has 166 valence electrons. The number of halogens is 1. The van der Waals surface area contributed by atoms with Gasteiger partial charge >= 0.3 is 5.69 Å². The summed E-state index contributed by atoms with van der Waals surface area (Å²) in [5.74, 6) is 0.237. The molecule has 0 radical (unpaired) electrons. The summed E-state index contributed by atoms with van der Waals surface area (Å²) in [6, 6.07) is 10.6. The summed E-state index contributed by atoms with van der Waals surface area (Å²) in [4.78, 5) is 38.1. The first-order chi connectivity index (χ1) is 15.9. The summed E-state index contributed by atoms with van der Waals surface area (Å²) in [6.45, 7) is 0.0261. The molecule has 0 fully saturated rings. The number of pyridine rings is 1. The van der Waals surface area contributed by atoms with Crippen molar-refractivity contribution < 1.29 is 5.21 Å². The van der Waals surface area contributed by atoms with Crippen molar-refractivity contribution in [2.45, 2.75) is 6.54 Å². The molecule has 4 aromatic heterocycles. The van der Waals surface area contributed by atoms with Crippen LogP contribution in [0.1, 0.15) is 17.1 Å². The number of fused-ring (bicyclic) bond motifs is 2. The highest BCUT2D eigenvalue weighted by Crippen LogP contribution is 2.24. The molecule has 0 aliphatic rings. The second-order valence-electron chi connectivity index (χ2n) is 7.58. The minimum absolute atomic E-state index is 0.0261. The third-order valence-electron chi connectivity index (χ3n) is 5.62. The number of imidazole rings is 1. The number of oxime groups is 1. The van der Waals surface area contributed by atoms with Crippen LogP contribution >= 0.6 is 11.6 Å². The van der Waals surface area contributed by atoms with E-state index in [1.54, 1.807) is 44.7 Å². The summed E-state index contributed by atoms with van der Waals surface area (Å²) in [5, 5.41) is 14.4. The molecule has 33 heavy (non-hydrogen) atoms. The van der Waals surface area contributed by atoms with Crippen molar-refractivity contribution in [1.29, 1.82) is 0 Å². The van der Waals surface area contributed by atoms with Crippen LogP contribution < -0.4 is 11.2 Å². The van der Waals surface area contributed by atoms with Crippen LogP contribution in [0.5, 0.6) is 0 Å². The van der Waals surface area contributed by atoms with E-state index in [1.807, 2.05) is 18.2 Å². The lowest BCUT2D eigenvalue weighted by atomic mass is 10.1. The van der Waals surface area contributed by atoms with E-state index in [0.717, 1.165) is 15.5 Å². The second-order valence-corrected chi connectivity index (χ2v) is 7.99. The smallest absolute Gasteiger partial charge is 0.332 e. The van der Waals surface area contributed by atoms with E-state index in [2.05, 4.69) is 20.1 Å². The highest BCUT2D eigenvalue weighted by molar-refractivity contribution is 6.35. The maximum atomic E-state index is 13.4. The van der Waals surface area contributed by atoms with Crippen LogP contribution in [-0.4, -0.2) is 39.6 Å². The van der Waals surface area contributed by atoms with Gasteiger partial charge in [0.2, 0.25) is 0 Å². The maximum absolute atomic E-state index is 13.4. The lowest BCUT2D eigenvalue weighted by molar-refractivity contribution is 0.319. The predicted octanol–water partition coefficient (Wildman–Crippen LogP) is 2.24. The van der Waals surface area contributed by atoms with Gasteiger partial charge in [-0.25, -0.2) is 9.78 Å². The number of aromatic nitrogens is 6. The Balaban J connectivity index is 1.69. The zero-order valence-electron chi connectivity index (χ0n) is 17.7. The molecule has 0 aliphatic carbocycles. The van der Waals surface area contributed by atoms with Crippen LogP contribution in [0.25, 0.3) is 22.1 Å². The molecule has 11 heteroatoms. The molecule has 0 unspecified atom stereocenters. The molecular weight excluding hydrogens is 446 g/mol. The third-order valence-corrected chi connectivity index (χ3v) is 5.95. The molecule has 0 saturated heterocycles. The van der Waals surface area contributed by atoms with Gasteiger partial charge in [-0.05, 0) is 30.3 Å². The van der Waals surface area contributed by atoms with Gasteiger partial charge in [-0.3, -0.25) is 18.9 Å². The zero-order chi connectivity index (χ0) is 23.3. The SMILES string of the molecule is Cn1c(C(=NO)c2ccncc2)nc2c1c(=O)n(Cc1cc3c(Cl)cccc3[nH]1)c(=O)n2C. The van der Waals surface area contributed by atoms with E-state index in [1.165, 1.54) is 9.13 Å². The lowest BCUT2D eigenvalue weighted by Crippen LogP contribution is -2.39. The Hall–Kier alpha value is -4.18. The molecule has 0 atom stereocenters. The first-order valence-electron chi connectivity index (χ1n) is 9.96. The molecule has 0 saturated carbocycles. The van der Waals surface area contributed by atoms with Crippen LogP contribution in [0.3, 0.4) is 0 Å². The largest absolute Gasteiger partial charge is 0.410 e. The van der Waals surface area contributed by atoms with Gasteiger partial charge in [0, 0.05) is 53.7 Å². The van der Waals surface area contributed by atoms with E-state index in [-0.39, 0.29) is 29.2 Å². The van der Waals surface area contributed by atoms with Crippen molar-refractivity contribution in [2.75, 3.05) is 0 Å². The molecule has 0 spiro atoms. The van der Waals surface area contributed by atoms with Crippen LogP contribution in [0.4, 0.5) is 0 Å². The van der Waals surface area contributed by atoms with Crippen LogP contribution in [-0.2, 0) is 20.6 Å². The minimum atomic E-state index is -0.520. The van der Waals surface area contributed by atoms with Crippen molar-refractivity contribution >= 4 is 39.4 Å². The molecular formula is C22H18ClN7O3. The Kier molecular flexibility index (Phi) is 4.86. The maximum Gasteiger partial charge on any atom is 0.332 e. The number of hydrogen-bond donors (Lipinski definition) is 2. The number of hydrogen-bond acceptors (Lipinski definition) is 6. The van der Waals surface area contributed by atoms with Crippen molar-refractivity contribution in [3.63, 3.8) is 0 Å². The van der Waals surface area contributed by atoms with Gasteiger partial charge in [-0.2, -0.15) is 0 Å². The van der Waals surface area contributed by atoms with Gasteiger partial charge in [-0.15, -0.1) is 0 Å². The summed E-state index contributed by atoms with van der Waals surface area (Å²) < 4.78 is 3.96. The second kappa shape index (κ2) is 7.75. The molecule has 0 aliphatic heterocycles. The van der Waals surface area contributed by atoms with E-state index in [4.69, 9.17) is 11.6 Å². The zero-order valence-corrected chi connectivity index (χ0v) is 18.4. The van der Waals surface area contributed by atoms with E-state index >= 15 is 0 Å². The molecule has 1 aromatic carbocycles. The Morgan fingerprint density at radius 2 is 1.91 bits per heavy atom. The fraction of sp³-hybridized carbons (Fsp3) is 0.136. The predicted molar refractivity (Wildman–Crippen MR) is 124 cm³/mol. The lowest BCUT2D eigenvalue weighted by Gasteiger charge is -2.08. The summed E-state index contributed by atoms with van der Waals surface area (Å²) in [6.07, 6.45) is 3.11. The average molecular weight is 464 g/mol. The number of rotatable bonds is 4. The van der Waals surface area contributed by atoms with Crippen LogP contribution in [0.15, 0.2) is 63.5 Å². The van der Waals surface area contributed by atoms with Crippen molar-refractivity contribution in [3.05, 3.63) is 91.7 Å². The monoisotopic (exact) mass is 463 g/mol. The number of H-pyrrole nitrogens is 1. The van der Waals surface area contributed by atoms with Gasteiger partial charge in [0.15, 0.2) is 22.7 Å². The number of aromatic amines is 1. The molecule has 0 amide bonds. The summed E-state index contributed by atoms with van der Waals surface area (Å²) in [7, 11) is 3.18. The summed E-state index contributed by atoms with van der Waals surface area (Å²) >= 11 is 6.26. The van der Waals surface area contributed by atoms with Crippen molar-refractivity contribution in [2.24, 2.45) is 19.3 Å². The van der Waals surface area contributed by atoms with Gasteiger partial charge in [0.1, 0.15) is 0 Å². The molecule has 5 aromatic rings. The number of benzene rings is 1. The van der Waals surface area contributed by atoms with Gasteiger partial charge in [-0.1, -0.05) is 22.8 Å². The van der Waals surface area contributed by atoms with E-state index in [0.29, 0.717) is 16.3 Å². The number of aryl methyl sites for hydroxylation is 2. The Morgan fingerprint density at radius 1 is 1.15 bits per heavy atom. The minimum Gasteiger partial charge on any atom is -0.410 e. The first-order valence-corrected chi connectivity index (χ1v) is 10.3. The quantitative estimate of drug-likeness (QED) is 0.240. The Bertz CT molecular complexity index is 1680. The van der Waals surface area contributed by atoms with Crippen LogP contribution in [0.2, 0.25) is 5.02 Å². The van der Waals surface area contributed by atoms with Gasteiger partial charge < -0.3 is 14.8 Å². The third kappa shape index (κ3) is 3.23. The summed E-state index contributed by atoms with van der Waals surface area (Å²) in [5.41, 5.74) is 1.55. The topological polar surface area (TPSA) is 123 Å². The fourth-order valence-electron chi connectivity index (χ4n) is 3.97. The standard InChI is InChI=1S/C22H18ClN7O3/c1-28-18-20(26-19(28)17(27-33)12-6-8-24-9-7-12)29(2)22(32)30(21(18)31)11-13-10-14-15(23)4-3-5-16(14)25-13/h3-10,25,33H,11H2,1-2H3. The van der Waals surface area contributed by atoms with Crippen molar-refractivity contribution in [3.8, 4) is 0 Å². The van der Waals surface area contributed by atoms with E-state index < -0.39 is 11.2 Å². The van der Waals surface area contributed by atoms with Gasteiger partial charge in [0.05, 0.1) is 6.54 Å². The molecule has 2 N–H and O–H groups in total. The Morgan fingerprint density at radius 3 is 2.61 bits per heavy atom. The molecule has 0 bridgehead atoms. The number of nitrogens with zero attached hydrogens (tertiary/aromatic N) is 6. The highest BCUT2D eigenvalue weighted by atomic mass is 35.5. The van der Waals surface area contributed by atoms with Crippen molar-refractivity contribution in [1.82, 2.24) is 28.7 Å². The normalized spacial score (nSPS) is 12.2. The molecule has 4 heterocycles. The van der Waals surface area contributed by atoms with E-state index in [9.17, 15) is 14.8 Å². The Labute approximate surface area is 191 Å². The van der Waals surface area contributed by atoms with Crippen LogP contribution in [0, 0.1) is 0 Å². The molecule has 5 rings (SSSR count). The highest BCUT2D eigenvalue weighted by Gasteiger charge is 2.22. The fourth-order valence-corrected chi connectivity index (χ4v) is 4.20. The van der Waals surface area contributed by atoms with Gasteiger partial charge in [0.25, 0.3) is 5.56 Å². The molecule has 10 nitrogen and oxygen atoms in total. The average Bonchev–Trinajstić information content (AvgIpc) is 3.39.